The maximum atomic E-state index is 12.3. The Morgan fingerprint density at radius 1 is 1.35 bits per heavy atom. The predicted octanol–water partition coefficient (Wildman–Crippen LogP) is 4.75. The minimum Gasteiger partial charge on any atom is -0.444 e. The second-order valence-electron chi connectivity index (χ2n) is 9.11. The summed E-state index contributed by atoms with van der Waals surface area (Å²) in [7, 11) is 0. The van der Waals surface area contributed by atoms with Crippen LogP contribution in [0.2, 0.25) is 5.02 Å². The van der Waals surface area contributed by atoms with Crippen LogP contribution >= 0.6 is 11.6 Å². The molecule has 1 saturated heterocycles. The maximum Gasteiger partial charge on any atom is 0.408 e. The van der Waals surface area contributed by atoms with Gasteiger partial charge in [0.1, 0.15) is 11.4 Å². The highest BCUT2D eigenvalue weighted by molar-refractivity contribution is 6.35. The van der Waals surface area contributed by atoms with Gasteiger partial charge in [-0.1, -0.05) is 23.7 Å². The van der Waals surface area contributed by atoms with Gasteiger partial charge in [-0.2, -0.15) is 0 Å². The first kappa shape index (κ1) is 23.1. The summed E-state index contributed by atoms with van der Waals surface area (Å²) in [4.78, 5) is 30.6. The Balaban J connectivity index is 1.83. The van der Waals surface area contributed by atoms with Gasteiger partial charge >= 0.3 is 6.09 Å². The molecule has 2 atom stereocenters. The van der Waals surface area contributed by atoms with Crippen molar-refractivity contribution < 1.29 is 14.3 Å². The molecule has 168 valence electrons. The van der Waals surface area contributed by atoms with Gasteiger partial charge in [-0.05, 0) is 52.2 Å². The Bertz CT molecular complexity index is 973. The van der Waals surface area contributed by atoms with E-state index in [4.69, 9.17) is 21.3 Å². The number of likely N-dealkylation sites (tertiary alicyclic amines) is 1. The van der Waals surface area contributed by atoms with E-state index in [0.717, 1.165) is 30.5 Å². The summed E-state index contributed by atoms with van der Waals surface area (Å²) >= 11 is 6.37. The summed E-state index contributed by atoms with van der Waals surface area (Å²) in [6.07, 6.45) is 0.465. The second kappa shape index (κ2) is 9.30. The Morgan fingerprint density at radius 3 is 2.74 bits per heavy atom. The number of hydrogen-bond acceptors (Lipinski definition) is 5. The topological polar surface area (TPSA) is 83.6 Å². The number of anilines is 1. The van der Waals surface area contributed by atoms with E-state index in [0.29, 0.717) is 28.8 Å². The van der Waals surface area contributed by atoms with Gasteiger partial charge in [-0.15, -0.1) is 0 Å². The highest BCUT2D eigenvalue weighted by atomic mass is 35.5. The summed E-state index contributed by atoms with van der Waals surface area (Å²) in [5, 5.41) is 7.80. The molecule has 0 radical (unpaired) electrons. The molecule has 2 amide bonds. The highest BCUT2D eigenvalue weighted by Crippen LogP contribution is 2.30. The molecule has 0 saturated carbocycles. The lowest BCUT2D eigenvalue weighted by Gasteiger charge is -2.24. The van der Waals surface area contributed by atoms with Crippen LogP contribution in [0, 0.1) is 5.92 Å². The first-order valence-corrected chi connectivity index (χ1v) is 11.0. The van der Waals surface area contributed by atoms with Crippen LogP contribution in [0.15, 0.2) is 24.3 Å². The quantitative estimate of drug-likeness (QED) is 0.692. The predicted molar refractivity (Wildman–Crippen MR) is 123 cm³/mol. The van der Waals surface area contributed by atoms with Gasteiger partial charge in [0, 0.05) is 37.5 Å². The van der Waals surface area contributed by atoms with Crippen LogP contribution in [0.25, 0.3) is 10.9 Å². The molecule has 0 aliphatic carbocycles. The van der Waals surface area contributed by atoms with Crippen molar-refractivity contribution in [2.45, 2.75) is 52.7 Å². The van der Waals surface area contributed by atoms with Crippen LogP contribution in [0.3, 0.4) is 0 Å². The first-order chi connectivity index (χ1) is 14.5. The summed E-state index contributed by atoms with van der Waals surface area (Å²) in [6, 6.07) is 7.30. The minimum absolute atomic E-state index is 0.106. The molecular weight excluding hydrogens is 416 g/mol. The zero-order valence-corrected chi connectivity index (χ0v) is 19.5. The number of aromatic nitrogens is 1. The van der Waals surface area contributed by atoms with E-state index in [2.05, 4.69) is 10.6 Å². The van der Waals surface area contributed by atoms with Crippen LogP contribution < -0.4 is 10.6 Å². The molecule has 2 aromatic rings. The van der Waals surface area contributed by atoms with Gasteiger partial charge in [0.05, 0.1) is 16.6 Å². The minimum atomic E-state index is -0.578. The molecule has 7 nitrogen and oxygen atoms in total. The van der Waals surface area contributed by atoms with E-state index in [1.807, 2.05) is 56.9 Å². The number of alkyl carbamates (subject to hydrolysis) is 1. The molecule has 0 spiro atoms. The van der Waals surface area contributed by atoms with Crippen LogP contribution in [0.5, 0.6) is 0 Å². The number of rotatable bonds is 5. The molecule has 0 unspecified atom stereocenters. The average molecular weight is 447 g/mol. The number of carbonyl (C=O) groups excluding carboxylic acids is 2. The van der Waals surface area contributed by atoms with Crippen molar-refractivity contribution >= 4 is 40.3 Å². The molecule has 1 aliphatic rings. The Hall–Kier alpha value is -2.54. The number of benzene rings is 1. The lowest BCUT2D eigenvalue weighted by molar-refractivity contribution is -0.127. The fourth-order valence-corrected chi connectivity index (χ4v) is 3.96. The third-order valence-corrected chi connectivity index (χ3v) is 5.62. The second-order valence-corrected chi connectivity index (χ2v) is 9.51. The van der Waals surface area contributed by atoms with Gasteiger partial charge in [0.2, 0.25) is 5.91 Å². The van der Waals surface area contributed by atoms with Crippen molar-refractivity contribution in [3.63, 3.8) is 0 Å². The third-order valence-electron chi connectivity index (χ3n) is 5.32. The average Bonchev–Trinajstić information content (AvgIpc) is 3.14. The number of halogens is 1. The number of amides is 2. The van der Waals surface area contributed by atoms with Gasteiger partial charge in [0.25, 0.3) is 0 Å². The van der Waals surface area contributed by atoms with E-state index in [1.165, 1.54) is 0 Å². The van der Waals surface area contributed by atoms with E-state index in [-0.39, 0.29) is 11.9 Å². The summed E-state index contributed by atoms with van der Waals surface area (Å²) in [6.45, 7) is 11.2. The van der Waals surface area contributed by atoms with E-state index < -0.39 is 11.7 Å². The van der Waals surface area contributed by atoms with Crippen LogP contribution in [0.4, 0.5) is 10.6 Å². The fourth-order valence-electron chi connectivity index (χ4n) is 3.74. The lowest BCUT2D eigenvalue weighted by atomic mass is 10.0. The summed E-state index contributed by atoms with van der Waals surface area (Å²) < 4.78 is 5.40. The molecule has 31 heavy (non-hydrogen) atoms. The number of fused-ring (bicyclic) bond motifs is 1. The number of hydrogen-bond donors (Lipinski definition) is 2. The molecule has 1 aromatic carbocycles. The molecule has 2 N–H and O–H groups in total. The number of para-hydroxylation sites is 1. The monoisotopic (exact) mass is 446 g/mol. The van der Waals surface area contributed by atoms with Crippen molar-refractivity contribution in [2.24, 2.45) is 5.92 Å². The number of pyridine rings is 1. The zero-order chi connectivity index (χ0) is 22.8. The van der Waals surface area contributed by atoms with E-state index in [1.54, 1.807) is 6.92 Å². The maximum absolute atomic E-state index is 12.3. The van der Waals surface area contributed by atoms with Gasteiger partial charge in [-0.25, -0.2) is 9.78 Å². The van der Waals surface area contributed by atoms with Crippen LogP contribution in [-0.4, -0.2) is 47.1 Å². The number of carbonyl (C=O) groups is 2. The van der Waals surface area contributed by atoms with Crippen molar-refractivity contribution in [2.75, 3.05) is 25.0 Å². The largest absolute Gasteiger partial charge is 0.444 e. The highest BCUT2D eigenvalue weighted by Gasteiger charge is 2.25. The molecule has 1 fully saturated rings. The zero-order valence-electron chi connectivity index (χ0n) is 18.8. The molecule has 8 heteroatoms. The fraction of sp³-hybridized carbons (Fsp3) is 0.522. The molecular formula is C23H31ClN4O3. The van der Waals surface area contributed by atoms with Crippen molar-refractivity contribution in [1.29, 1.82) is 0 Å². The summed E-state index contributed by atoms with van der Waals surface area (Å²) in [5.74, 6) is 1.12. The van der Waals surface area contributed by atoms with Crippen LogP contribution in [-0.2, 0) is 9.53 Å². The lowest BCUT2D eigenvalue weighted by Crippen LogP contribution is -2.34. The molecule has 2 heterocycles. The summed E-state index contributed by atoms with van der Waals surface area (Å²) in [5.41, 5.74) is 0.976. The van der Waals surface area contributed by atoms with Gasteiger partial charge < -0.3 is 20.3 Å². The third kappa shape index (κ3) is 6.00. The Morgan fingerprint density at radius 2 is 2.10 bits per heavy atom. The molecule has 3 rings (SSSR count). The standard InChI is InChI=1S/C23H31ClN4O3/c1-14(26-22(30)31-23(3,4)5)18-11-17-7-6-8-19(24)20(17)27-21(18)25-12-16-9-10-28(13-16)15(2)29/h6-8,11,14,16H,9-10,12-13H2,1-5H3,(H,25,27)(H,26,30)/t14-,16-/m0/s1. The number of ether oxygens (including phenoxy) is 1. The molecule has 1 aliphatic heterocycles. The van der Waals surface area contributed by atoms with Gasteiger partial charge in [0.15, 0.2) is 0 Å². The SMILES string of the molecule is CC(=O)N1CC[C@@H](CNc2nc3c(Cl)cccc3cc2[C@H](C)NC(=O)OC(C)(C)C)C1. The van der Waals surface area contributed by atoms with Crippen LogP contribution in [0.1, 0.15) is 52.6 Å². The smallest absolute Gasteiger partial charge is 0.408 e. The van der Waals surface area contributed by atoms with Crippen molar-refractivity contribution in [1.82, 2.24) is 15.2 Å². The Labute approximate surface area is 188 Å². The van der Waals surface area contributed by atoms with E-state index in [9.17, 15) is 9.59 Å². The first-order valence-electron chi connectivity index (χ1n) is 10.6. The van der Waals surface area contributed by atoms with Crippen molar-refractivity contribution in [3.8, 4) is 0 Å². The molecule has 1 aromatic heterocycles. The normalized spacial score (nSPS) is 17.5. The van der Waals surface area contributed by atoms with E-state index >= 15 is 0 Å². The van der Waals surface area contributed by atoms with Crippen molar-refractivity contribution in [3.05, 3.63) is 34.9 Å². The Kier molecular flexibility index (Phi) is 6.94. The number of nitrogens with zero attached hydrogens (tertiary/aromatic N) is 2. The van der Waals surface area contributed by atoms with Gasteiger partial charge in [-0.3, -0.25) is 4.79 Å². The molecule has 0 bridgehead atoms. The number of nitrogens with one attached hydrogen (secondary N) is 2.